The number of hydrogen-bond acceptors (Lipinski definition) is 7. The monoisotopic (exact) mass is 402 g/mol. The fourth-order valence-corrected chi connectivity index (χ4v) is 2.95. The van der Waals surface area contributed by atoms with Crippen molar-refractivity contribution in [3.63, 3.8) is 0 Å². The number of rotatable bonds is 10. The third-order valence-corrected chi connectivity index (χ3v) is 4.27. The Morgan fingerprint density at radius 3 is 2.93 bits per heavy atom. The zero-order valence-corrected chi connectivity index (χ0v) is 16.6. The van der Waals surface area contributed by atoms with E-state index in [2.05, 4.69) is 51.1 Å². The van der Waals surface area contributed by atoms with Crippen molar-refractivity contribution in [1.82, 2.24) is 30.6 Å². The standard InChI is InChI=1S/C19H23ClN6O2/c1-4-7-27-16-6-5-13(9-14(16)20)10-21-15(8-12(2)3)19-24-18(26-28-19)17-22-11-23-25-17/h4-6,9,11-12,15,21H,1,7-8,10H2,2-3H3,(H,22,23,25). The first kappa shape index (κ1) is 20.0. The van der Waals surface area contributed by atoms with Crippen LogP contribution in [0, 0.1) is 5.92 Å². The Morgan fingerprint density at radius 1 is 1.39 bits per heavy atom. The summed E-state index contributed by atoms with van der Waals surface area (Å²) in [5.74, 6) is 2.45. The summed E-state index contributed by atoms with van der Waals surface area (Å²) < 4.78 is 11.0. The number of H-pyrrole nitrogens is 1. The topological polar surface area (TPSA) is 102 Å². The first-order valence-electron chi connectivity index (χ1n) is 9.01. The van der Waals surface area contributed by atoms with Crippen molar-refractivity contribution in [1.29, 1.82) is 0 Å². The minimum Gasteiger partial charge on any atom is -0.488 e. The number of aromatic nitrogens is 5. The maximum Gasteiger partial charge on any atom is 0.244 e. The molecule has 9 heteroatoms. The molecule has 0 bridgehead atoms. The minimum atomic E-state index is -0.0976. The number of nitrogens with one attached hydrogen (secondary N) is 2. The van der Waals surface area contributed by atoms with Crippen LogP contribution in [0.3, 0.4) is 0 Å². The Balaban J connectivity index is 1.69. The Bertz CT molecular complexity index is 894. The third kappa shape index (κ3) is 5.17. The van der Waals surface area contributed by atoms with E-state index in [-0.39, 0.29) is 6.04 Å². The molecule has 0 saturated carbocycles. The number of hydrogen-bond donors (Lipinski definition) is 2. The second-order valence-electron chi connectivity index (χ2n) is 6.72. The van der Waals surface area contributed by atoms with E-state index in [0.29, 0.717) is 47.4 Å². The van der Waals surface area contributed by atoms with E-state index in [0.717, 1.165) is 12.0 Å². The maximum atomic E-state index is 6.30. The van der Waals surface area contributed by atoms with E-state index in [1.54, 1.807) is 6.08 Å². The molecule has 8 nitrogen and oxygen atoms in total. The highest BCUT2D eigenvalue weighted by Crippen LogP contribution is 2.27. The molecule has 28 heavy (non-hydrogen) atoms. The molecule has 1 unspecified atom stereocenters. The molecule has 3 rings (SSSR count). The van der Waals surface area contributed by atoms with Crippen LogP contribution in [0.15, 0.2) is 41.7 Å². The van der Waals surface area contributed by atoms with Crippen LogP contribution < -0.4 is 10.1 Å². The first-order valence-corrected chi connectivity index (χ1v) is 9.39. The van der Waals surface area contributed by atoms with Crippen molar-refractivity contribution in [3.8, 4) is 17.4 Å². The van der Waals surface area contributed by atoms with E-state index >= 15 is 0 Å². The van der Waals surface area contributed by atoms with Gasteiger partial charge in [-0.25, -0.2) is 4.98 Å². The van der Waals surface area contributed by atoms with E-state index < -0.39 is 0 Å². The van der Waals surface area contributed by atoms with Gasteiger partial charge in [-0.2, -0.15) is 10.1 Å². The van der Waals surface area contributed by atoms with E-state index in [9.17, 15) is 0 Å². The lowest BCUT2D eigenvalue weighted by molar-refractivity contribution is 0.303. The molecule has 1 atom stereocenters. The molecule has 0 radical (unpaired) electrons. The summed E-state index contributed by atoms with van der Waals surface area (Å²) in [6, 6.07) is 5.61. The van der Waals surface area contributed by atoms with Gasteiger partial charge in [0.1, 0.15) is 18.7 Å². The molecule has 0 fully saturated rings. The number of aromatic amines is 1. The molecule has 0 aliphatic heterocycles. The lowest BCUT2D eigenvalue weighted by Crippen LogP contribution is -2.23. The second-order valence-corrected chi connectivity index (χ2v) is 7.12. The van der Waals surface area contributed by atoms with Crippen LogP contribution in [0.2, 0.25) is 5.02 Å². The van der Waals surface area contributed by atoms with Crippen molar-refractivity contribution in [2.75, 3.05) is 6.61 Å². The Labute approximate surface area is 168 Å². The lowest BCUT2D eigenvalue weighted by Gasteiger charge is -2.17. The van der Waals surface area contributed by atoms with Crippen LogP contribution in [0.5, 0.6) is 5.75 Å². The highest BCUT2D eigenvalue weighted by Gasteiger charge is 2.21. The van der Waals surface area contributed by atoms with Gasteiger partial charge in [0.25, 0.3) is 0 Å². The number of halogens is 1. The average Bonchev–Trinajstić information content (AvgIpc) is 3.35. The smallest absolute Gasteiger partial charge is 0.244 e. The predicted octanol–water partition coefficient (Wildman–Crippen LogP) is 3.95. The molecular formula is C19H23ClN6O2. The second kappa shape index (κ2) is 9.48. The molecule has 0 amide bonds. The number of benzene rings is 1. The molecule has 0 aliphatic rings. The van der Waals surface area contributed by atoms with Gasteiger partial charge in [-0.3, -0.25) is 5.10 Å². The van der Waals surface area contributed by atoms with E-state index in [4.69, 9.17) is 20.9 Å². The lowest BCUT2D eigenvalue weighted by atomic mass is 10.0. The minimum absolute atomic E-state index is 0.0976. The van der Waals surface area contributed by atoms with E-state index in [1.807, 2.05) is 18.2 Å². The summed E-state index contributed by atoms with van der Waals surface area (Å²) in [4.78, 5) is 8.50. The molecule has 2 aromatic heterocycles. The van der Waals surface area contributed by atoms with Crippen molar-refractivity contribution >= 4 is 11.6 Å². The normalized spacial score (nSPS) is 12.3. The van der Waals surface area contributed by atoms with Crippen LogP contribution in [-0.4, -0.2) is 31.9 Å². The summed E-state index contributed by atoms with van der Waals surface area (Å²) in [6.07, 6.45) is 3.92. The average molecular weight is 403 g/mol. The van der Waals surface area contributed by atoms with Crippen molar-refractivity contribution in [3.05, 3.63) is 53.7 Å². The predicted molar refractivity (Wildman–Crippen MR) is 106 cm³/mol. The van der Waals surface area contributed by atoms with Gasteiger partial charge < -0.3 is 14.6 Å². The summed E-state index contributed by atoms with van der Waals surface area (Å²) in [5, 5.41) is 14.6. The van der Waals surface area contributed by atoms with Gasteiger partial charge in [0.05, 0.1) is 11.1 Å². The molecule has 2 heterocycles. The Kier molecular flexibility index (Phi) is 6.78. The fraction of sp³-hybridized carbons (Fsp3) is 0.368. The summed E-state index contributed by atoms with van der Waals surface area (Å²) in [6.45, 7) is 8.93. The molecule has 148 valence electrons. The van der Waals surface area contributed by atoms with Gasteiger partial charge in [0.15, 0.2) is 5.82 Å². The fourth-order valence-electron chi connectivity index (χ4n) is 2.69. The highest BCUT2D eigenvalue weighted by atomic mass is 35.5. The zero-order valence-electron chi connectivity index (χ0n) is 15.9. The van der Waals surface area contributed by atoms with Crippen LogP contribution in [0.4, 0.5) is 0 Å². The number of ether oxygens (including phenoxy) is 1. The molecule has 2 N–H and O–H groups in total. The molecule has 1 aromatic carbocycles. The van der Waals surface area contributed by atoms with Gasteiger partial charge in [0, 0.05) is 6.54 Å². The molecule has 0 aliphatic carbocycles. The van der Waals surface area contributed by atoms with Gasteiger partial charge in [-0.15, -0.1) is 0 Å². The molecule has 0 spiro atoms. The Morgan fingerprint density at radius 2 is 2.25 bits per heavy atom. The molecule has 3 aromatic rings. The van der Waals surface area contributed by atoms with Crippen molar-refractivity contribution < 1.29 is 9.26 Å². The Hall–Kier alpha value is -2.71. The van der Waals surface area contributed by atoms with E-state index in [1.165, 1.54) is 6.33 Å². The van der Waals surface area contributed by atoms with Crippen LogP contribution in [0.1, 0.15) is 37.8 Å². The first-order chi connectivity index (χ1) is 13.6. The molecule has 0 saturated heterocycles. The van der Waals surface area contributed by atoms with Gasteiger partial charge in [-0.1, -0.05) is 49.3 Å². The summed E-state index contributed by atoms with van der Waals surface area (Å²) in [7, 11) is 0. The molecular weight excluding hydrogens is 380 g/mol. The van der Waals surface area contributed by atoms with Crippen LogP contribution in [0.25, 0.3) is 11.6 Å². The quantitative estimate of drug-likeness (QED) is 0.495. The largest absolute Gasteiger partial charge is 0.488 e. The van der Waals surface area contributed by atoms with Crippen LogP contribution in [-0.2, 0) is 6.54 Å². The maximum absolute atomic E-state index is 6.30. The van der Waals surface area contributed by atoms with Crippen LogP contribution >= 0.6 is 11.6 Å². The van der Waals surface area contributed by atoms with Gasteiger partial charge in [0.2, 0.25) is 11.7 Å². The number of nitrogens with zero attached hydrogens (tertiary/aromatic N) is 4. The van der Waals surface area contributed by atoms with Crippen molar-refractivity contribution in [2.45, 2.75) is 32.9 Å². The summed E-state index contributed by atoms with van der Waals surface area (Å²) in [5.41, 5.74) is 1.03. The summed E-state index contributed by atoms with van der Waals surface area (Å²) >= 11 is 6.30. The van der Waals surface area contributed by atoms with Gasteiger partial charge in [-0.05, 0) is 30.0 Å². The van der Waals surface area contributed by atoms with Gasteiger partial charge >= 0.3 is 0 Å². The highest BCUT2D eigenvalue weighted by molar-refractivity contribution is 6.32. The SMILES string of the molecule is C=CCOc1ccc(CNC(CC(C)C)c2nc(-c3ncn[nH]3)no2)cc1Cl. The zero-order chi connectivity index (χ0) is 19.9. The third-order valence-electron chi connectivity index (χ3n) is 3.98. The van der Waals surface area contributed by atoms with Crippen molar-refractivity contribution in [2.24, 2.45) is 5.92 Å².